The first-order valence-corrected chi connectivity index (χ1v) is 8.75. The number of rotatable bonds is 4. The highest BCUT2D eigenvalue weighted by molar-refractivity contribution is 7.14. The summed E-state index contributed by atoms with van der Waals surface area (Å²) < 4.78 is 0. The molecule has 1 saturated carbocycles. The Morgan fingerprint density at radius 3 is 2.74 bits per heavy atom. The fourth-order valence-electron chi connectivity index (χ4n) is 2.62. The lowest BCUT2D eigenvalue weighted by atomic mass is 10.2. The Morgan fingerprint density at radius 1 is 1.30 bits per heavy atom. The molecule has 1 aliphatic carbocycles. The van der Waals surface area contributed by atoms with Gasteiger partial charge in [0, 0.05) is 35.5 Å². The van der Waals surface area contributed by atoms with Gasteiger partial charge in [0.15, 0.2) is 5.13 Å². The summed E-state index contributed by atoms with van der Waals surface area (Å²) in [6.45, 7) is 2.94. The van der Waals surface area contributed by atoms with Crippen LogP contribution in [0.25, 0.3) is 0 Å². The van der Waals surface area contributed by atoms with Gasteiger partial charge in [-0.3, -0.25) is 15.1 Å². The number of nitrogens with one attached hydrogen (secondary N) is 1. The Kier molecular flexibility index (Phi) is 3.61. The SMILES string of the molecule is CC1=NN(c2ccc(C(=O)Nc3nc(C4CC4)cs3)cc2)CC1. The number of hydrogen-bond donors (Lipinski definition) is 1. The van der Waals surface area contributed by atoms with E-state index >= 15 is 0 Å². The number of carbonyl (C=O) groups excluding carboxylic acids is 1. The summed E-state index contributed by atoms with van der Waals surface area (Å²) in [6.07, 6.45) is 3.43. The normalized spacial score (nSPS) is 17.3. The fraction of sp³-hybridized carbons (Fsp3) is 0.353. The molecule has 0 saturated heterocycles. The highest BCUT2D eigenvalue weighted by atomic mass is 32.1. The van der Waals surface area contributed by atoms with Crippen molar-refractivity contribution >= 4 is 33.8 Å². The topological polar surface area (TPSA) is 57.6 Å². The Balaban J connectivity index is 1.43. The molecular formula is C17H18N4OS. The third-order valence-corrected chi connectivity index (χ3v) is 4.92. The highest BCUT2D eigenvalue weighted by Gasteiger charge is 2.26. The molecule has 0 spiro atoms. The molecule has 6 heteroatoms. The smallest absolute Gasteiger partial charge is 0.257 e. The van der Waals surface area contributed by atoms with Crippen molar-refractivity contribution in [2.24, 2.45) is 5.10 Å². The number of hydrazone groups is 1. The van der Waals surface area contributed by atoms with Crippen LogP contribution in [0, 0.1) is 0 Å². The minimum absolute atomic E-state index is 0.116. The molecule has 1 N–H and O–H groups in total. The minimum Gasteiger partial charge on any atom is -0.298 e. The van der Waals surface area contributed by atoms with Crippen molar-refractivity contribution in [1.29, 1.82) is 0 Å². The number of thiazole rings is 1. The molecule has 1 fully saturated rings. The van der Waals surface area contributed by atoms with E-state index in [1.807, 2.05) is 41.6 Å². The van der Waals surface area contributed by atoms with Gasteiger partial charge in [0.1, 0.15) is 0 Å². The summed E-state index contributed by atoms with van der Waals surface area (Å²) in [5.74, 6) is 0.495. The van der Waals surface area contributed by atoms with Gasteiger partial charge in [-0.25, -0.2) is 4.98 Å². The van der Waals surface area contributed by atoms with Gasteiger partial charge < -0.3 is 0 Å². The number of benzene rings is 1. The van der Waals surface area contributed by atoms with Crippen LogP contribution in [0.15, 0.2) is 34.7 Å². The second-order valence-electron chi connectivity index (χ2n) is 6.06. The quantitative estimate of drug-likeness (QED) is 0.928. The number of aromatic nitrogens is 1. The highest BCUT2D eigenvalue weighted by Crippen LogP contribution is 2.40. The van der Waals surface area contributed by atoms with Crippen LogP contribution in [0.5, 0.6) is 0 Å². The van der Waals surface area contributed by atoms with E-state index in [9.17, 15) is 4.79 Å². The van der Waals surface area contributed by atoms with Gasteiger partial charge in [0.05, 0.1) is 11.4 Å². The fourth-order valence-corrected chi connectivity index (χ4v) is 3.41. The van der Waals surface area contributed by atoms with Crippen molar-refractivity contribution in [3.8, 4) is 0 Å². The predicted octanol–water partition coefficient (Wildman–Crippen LogP) is 3.86. The maximum absolute atomic E-state index is 12.3. The van der Waals surface area contributed by atoms with Gasteiger partial charge in [-0.05, 0) is 44.0 Å². The first-order chi connectivity index (χ1) is 11.2. The van der Waals surface area contributed by atoms with Crippen LogP contribution in [0.4, 0.5) is 10.8 Å². The lowest BCUT2D eigenvalue weighted by Gasteiger charge is -2.13. The zero-order valence-corrected chi connectivity index (χ0v) is 13.8. The molecule has 2 aromatic rings. The molecule has 4 rings (SSSR count). The molecule has 0 unspecified atom stereocenters. The van der Waals surface area contributed by atoms with E-state index in [4.69, 9.17) is 0 Å². The van der Waals surface area contributed by atoms with Crippen molar-refractivity contribution in [3.63, 3.8) is 0 Å². The summed E-state index contributed by atoms with van der Waals surface area (Å²) in [6, 6.07) is 7.55. The second kappa shape index (κ2) is 5.77. The summed E-state index contributed by atoms with van der Waals surface area (Å²) >= 11 is 1.50. The molecule has 23 heavy (non-hydrogen) atoms. The number of carbonyl (C=O) groups is 1. The largest absolute Gasteiger partial charge is 0.298 e. The maximum atomic E-state index is 12.3. The number of anilines is 2. The first kappa shape index (κ1) is 14.4. The van der Waals surface area contributed by atoms with Gasteiger partial charge in [-0.2, -0.15) is 5.10 Å². The van der Waals surface area contributed by atoms with E-state index in [2.05, 4.69) is 15.4 Å². The van der Waals surface area contributed by atoms with Crippen LogP contribution < -0.4 is 10.3 Å². The molecule has 0 bridgehead atoms. The average Bonchev–Trinajstić information content (AvgIpc) is 3.16. The lowest BCUT2D eigenvalue weighted by molar-refractivity contribution is 0.102. The Labute approximate surface area is 139 Å². The average molecular weight is 326 g/mol. The number of nitrogens with zero attached hydrogens (tertiary/aromatic N) is 3. The molecule has 118 valence electrons. The van der Waals surface area contributed by atoms with Crippen LogP contribution in [-0.4, -0.2) is 23.1 Å². The van der Waals surface area contributed by atoms with E-state index in [1.165, 1.54) is 24.2 Å². The standard InChI is InChI=1S/C17H18N4OS/c1-11-8-9-21(20-11)14-6-4-13(5-7-14)16(22)19-17-18-15(10-23-17)12-2-3-12/h4-7,10,12H,2-3,8-9H2,1H3,(H,18,19,22). The van der Waals surface area contributed by atoms with Crippen LogP contribution in [0.1, 0.15) is 48.2 Å². The van der Waals surface area contributed by atoms with Gasteiger partial charge in [-0.15, -0.1) is 11.3 Å². The van der Waals surface area contributed by atoms with Gasteiger partial charge in [-0.1, -0.05) is 0 Å². The van der Waals surface area contributed by atoms with Crippen LogP contribution in [0.3, 0.4) is 0 Å². The number of hydrogen-bond acceptors (Lipinski definition) is 5. The molecule has 2 heterocycles. The zero-order valence-electron chi connectivity index (χ0n) is 13.0. The molecule has 1 aromatic carbocycles. The molecule has 1 amide bonds. The zero-order chi connectivity index (χ0) is 15.8. The summed E-state index contributed by atoms with van der Waals surface area (Å²) in [5, 5.41) is 12.1. The second-order valence-corrected chi connectivity index (χ2v) is 6.92. The molecular weight excluding hydrogens is 308 g/mol. The Bertz CT molecular complexity index is 761. The first-order valence-electron chi connectivity index (χ1n) is 7.87. The van der Waals surface area contributed by atoms with Gasteiger partial charge in [0.2, 0.25) is 0 Å². The van der Waals surface area contributed by atoms with Crippen LogP contribution >= 0.6 is 11.3 Å². The summed E-state index contributed by atoms with van der Waals surface area (Å²) in [5.41, 5.74) is 3.91. The Hall–Kier alpha value is -2.21. The van der Waals surface area contributed by atoms with Crippen LogP contribution in [0.2, 0.25) is 0 Å². The van der Waals surface area contributed by atoms with Crippen molar-refractivity contribution in [2.75, 3.05) is 16.9 Å². The summed E-state index contributed by atoms with van der Waals surface area (Å²) in [7, 11) is 0. The van der Waals surface area contributed by atoms with E-state index < -0.39 is 0 Å². The monoisotopic (exact) mass is 326 g/mol. The molecule has 1 aliphatic heterocycles. The molecule has 2 aliphatic rings. The van der Waals surface area contributed by atoms with Crippen molar-refractivity contribution in [2.45, 2.75) is 32.1 Å². The van der Waals surface area contributed by atoms with E-state index in [0.29, 0.717) is 16.6 Å². The van der Waals surface area contributed by atoms with E-state index in [0.717, 1.165) is 30.1 Å². The molecule has 0 radical (unpaired) electrons. The maximum Gasteiger partial charge on any atom is 0.257 e. The lowest BCUT2D eigenvalue weighted by Crippen LogP contribution is -2.14. The van der Waals surface area contributed by atoms with E-state index in [1.54, 1.807) is 0 Å². The Morgan fingerprint density at radius 2 is 2.09 bits per heavy atom. The van der Waals surface area contributed by atoms with Crippen molar-refractivity contribution in [3.05, 3.63) is 40.9 Å². The number of amides is 1. The predicted molar refractivity (Wildman–Crippen MR) is 93.6 cm³/mol. The van der Waals surface area contributed by atoms with Crippen LogP contribution in [-0.2, 0) is 0 Å². The molecule has 0 atom stereocenters. The molecule has 5 nitrogen and oxygen atoms in total. The third-order valence-electron chi connectivity index (χ3n) is 4.14. The van der Waals surface area contributed by atoms with E-state index in [-0.39, 0.29) is 5.91 Å². The van der Waals surface area contributed by atoms with Crippen molar-refractivity contribution < 1.29 is 4.79 Å². The van der Waals surface area contributed by atoms with Gasteiger partial charge in [0.25, 0.3) is 5.91 Å². The van der Waals surface area contributed by atoms with Gasteiger partial charge >= 0.3 is 0 Å². The van der Waals surface area contributed by atoms with Crippen molar-refractivity contribution in [1.82, 2.24) is 4.98 Å². The molecule has 1 aromatic heterocycles. The minimum atomic E-state index is -0.116. The summed E-state index contributed by atoms with van der Waals surface area (Å²) in [4.78, 5) is 16.8. The third kappa shape index (κ3) is 3.12.